The molecule has 118 valence electrons. The first-order valence-electron chi connectivity index (χ1n) is 8.06. The lowest BCUT2D eigenvalue weighted by Gasteiger charge is -2.25. The number of likely N-dealkylation sites (tertiary alicyclic amines) is 1. The van der Waals surface area contributed by atoms with E-state index in [1.165, 1.54) is 36.2 Å². The fraction of sp³-hybridized carbons (Fsp3) is 0.500. The van der Waals surface area contributed by atoms with Crippen LogP contribution in [0, 0.1) is 0 Å². The van der Waals surface area contributed by atoms with E-state index in [1.54, 1.807) is 0 Å². The molecule has 0 saturated carbocycles. The molecule has 2 aromatic rings. The Morgan fingerprint density at radius 3 is 2.64 bits per heavy atom. The van der Waals surface area contributed by atoms with E-state index >= 15 is 0 Å². The van der Waals surface area contributed by atoms with Crippen molar-refractivity contribution >= 4 is 0 Å². The Balaban J connectivity index is 1.71. The highest BCUT2D eigenvalue weighted by Crippen LogP contribution is 2.33. The molecule has 0 amide bonds. The molecule has 2 heterocycles. The number of aromatic nitrogens is 2. The molecule has 1 fully saturated rings. The highest BCUT2D eigenvalue weighted by molar-refractivity contribution is 5.26. The van der Waals surface area contributed by atoms with Crippen LogP contribution in [-0.4, -0.2) is 40.0 Å². The van der Waals surface area contributed by atoms with Gasteiger partial charge in [0.2, 0.25) is 0 Å². The maximum absolute atomic E-state index is 4.23. The van der Waals surface area contributed by atoms with E-state index in [0.29, 0.717) is 6.04 Å². The summed E-state index contributed by atoms with van der Waals surface area (Å²) in [4.78, 5) is 9.02. The van der Waals surface area contributed by atoms with Crippen LogP contribution >= 0.6 is 0 Å². The number of aryl methyl sites for hydroxylation is 1. The first kappa shape index (κ1) is 15.3. The standard InChI is InChI=1S/C18H26N4/c1-20(2)12-15-6-8-16(9-7-15)18-5-4-10-22(18)13-17-11-19-14-21(17)3/h6-9,11,14,18H,4-5,10,12-13H2,1-3H3. The summed E-state index contributed by atoms with van der Waals surface area (Å²) in [5.74, 6) is 0. The van der Waals surface area contributed by atoms with Crippen molar-refractivity contribution in [1.82, 2.24) is 19.4 Å². The van der Waals surface area contributed by atoms with E-state index in [0.717, 1.165) is 13.1 Å². The highest BCUT2D eigenvalue weighted by atomic mass is 15.2. The van der Waals surface area contributed by atoms with E-state index in [-0.39, 0.29) is 0 Å². The molecule has 1 atom stereocenters. The second-order valence-corrected chi connectivity index (χ2v) is 6.60. The van der Waals surface area contributed by atoms with Crippen molar-refractivity contribution in [3.05, 3.63) is 53.6 Å². The van der Waals surface area contributed by atoms with Crippen LogP contribution in [0.15, 0.2) is 36.8 Å². The summed E-state index contributed by atoms with van der Waals surface area (Å²) >= 11 is 0. The van der Waals surface area contributed by atoms with E-state index in [2.05, 4.69) is 64.8 Å². The Kier molecular flexibility index (Phi) is 4.60. The van der Waals surface area contributed by atoms with Gasteiger partial charge < -0.3 is 9.47 Å². The molecule has 1 aromatic carbocycles. The minimum Gasteiger partial charge on any atom is -0.337 e. The van der Waals surface area contributed by atoms with E-state index < -0.39 is 0 Å². The van der Waals surface area contributed by atoms with Crippen LogP contribution in [0.4, 0.5) is 0 Å². The van der Waals surface area contributed by atoms with Gasteiger partial charge in [0.1, 0.15) is 0 Å². The van der Waals surface area contributed by atoms with Gasteiger partial charge >= 0.3 is 0 Å². The molecule has 1 saturated heterocycles. The molecule has 0 aliphatic carbocycles. The lowest BCUT2D eigenvalue weighted by Crippen LogP contribution is -2.23. The normalized spacial score (nSPS) is 19.2. The molecule has 3 rings (SSSR count). The van der Waals surface area contributed by atoms with Crippen LogP contribution in [0.5, 0.6) is 0 Å². The minimum atomic E-state index is 0.545. The van der Waals surface area contributed by atoms with Crippen LogP contribution < -0.4 is 0 Å². The van der Waals surface area contributed by atoms with Crippen LogP contribution in [0.3, 0.4) is 0 Å². The third-order valence-corrected chi connectivity index (χ3v) is 4.51. The molecule has 1 aliphatic rings. The largest absolute Gasteiger partial charge is 0.337 e. The van der Waals surface area contributed by atoms with Crippen LogP contribution in [0.2, 0.25) is 0 Å². The van der Waals surface area contributed by atoms with Crippen molar-refractivity contribution in [2.24, 2.45) is 7.05 Å². The summed E-state index contributed by atoms with van der Waals surface area (Å²) in [5.41, 5.74) is 4.11. The predicted molar refractivity (Wildman–Crippen MR) is 89.4 cm³/mol. The Morgan fingerprint density at radius 1 is 1.23 bits per heavy atom. The molecule has 1 unspecified atom stereocenters. The number of rotatable bonds is 5. The monoisotopic (exact) mass is 298 g/mol. The highest BCUT2D eigenvalue weighted by Gasteiger charge is 2.26. The summed E-state index contributed by atoms with van der Waals surface area (Å²) < 4.78 is 2.12. The van der Waals surface area contributed by atoms with Gasteiger partial charge in [-0.2, -0.15) is 0 Å². The molecule has 22 heavy (non-hydrogen) atoms. The zero-order valence-corrected chi connectivity index (χ0v) is 13.9. The van der Waals surface area contributed by atoms with Gasteiger partial charge in [0.15, 0.2) is 0 Å². The zero-order valence-electron chi connectivity index (χ0n) is 13.9. The van der Waals surface area contributed by atoms with E-state index in [9.17, 15) is 0 Å². The average Bonchev–Trinajstić information content (AvgIpc) is 3.10. The Hall–Kier alpha value is -1.65. The summed E-state index contributed by atoms with van der Waals surface area (Å²) in [5, 5.41) is 0. The lowest BCUT2D eigenvalue weighted by atomic mass is 10.0. The maximum atomic E-state index is 4.23. The van der Waals surface area contributed by atoms with Crippen molar-refractivity contribution in [1.29, 1.82) is 0 Å². The van der Waals surface area contributed by atoms with Gasteiger partial charge in [-0.3, -0.25) is 4.90 Å². The van der Waals surface area contributed by atoms with Crippen LogP contribution in [-0.2, 0) is 20.1 Å². The molecule has 0 spiro atoms. The molecule has 4 nitrogen and oxygen atoms in total. The molecule has 0 N–H and O–H groups in total. The van der Waals surface area contributed by atoms with E-state index in [4.69, 9.17) is 0 Å². The smallest absolute Gasteiger partial charge is 0.0945 e. The lowest BCUT2D eigenvalue weighted by molar-refractivity contribution is 0.243. The zero-order chi connectivity index (χ0) is 15.5. The maximum Gasteiger partial charge on any atom is 0.0945 e. The summed E-state index contributed by atoms with van der Waals surface area (Å²) in [6, 6.07) is 9.71. The van der Waals surface area contributed by atoms with E-state index in [1.807, 2.05) is 12.5 Å². The van der Waals surface area contributed by atoms with Crippen molar-refractivity contribution < 1.29 is 0 Å². The third-order valence-electron chi connectivity index (χ3n) is 4.51. The molecular formula is C18H26N4. The Bertz CT molecular complexity index is 600. The fourth-order valence-corrected chi connectivity index (χ4v) is 3.35. The minimum absolute atomic E-state index is 0.545. The number of benzene rings is 1. The average molecular weight is 298 g/mol. The number of nitrogens with zero attached hydrogens (tertiary/aromatic N) is 4. The topological polar surface area (TPSA) is 24.3 Å². The van der Waals surface area contributed by atoms with Gasteiger partial charge in [-0.05, 0) is 44.6 Å². The molecule has 1 aromatic heterocycles. The van der Waals surface area contributed by atoms with Crippen molar-refractivity contribution in [2.75, 3.05) is 20.6 Å². The summed E-state index contributed by atoms with van der Waals surface area (Å²) in [6.07, 6.45) is 6.40. The summed E-state index contributed by atoms with van der Waals surface area (Å²) in [6.45, 7) is 3.17. The van der Waals surface area contributed by atoms with Gasteiger partial charge in [-0.25, -0.2) is 4.98 Å². The number of hydrogen-bond acceptors (Lipinski definition) is 3. The molecule has 0 radical (unpaired) electrons. The van der Waals surface area contributed by atoms with Gasteiger partial charge in [-0.1, -0.05) is 24.3 Å². The van der Waals surface area contributed by atoms with Crippen molar-refractivity contribution in [3.63, 3.8) is 0 Å². The van der Waals surface area contributed by atoms with Gasteiger partial charge in [-0.15, -0.1) is 0 Å². The molecular weight excluding hydrogens is 272 g/mol. The first-order chi connectivity index (χ1) is 10.6. The summed E-state index contributed by atoms with van der Waals surface area (Å²) in [7, 11) is 6.30. The van der Waals surface area contributed by atoms with Gasteiger partial charge in [0, 0.05) is 32.4 Å². The number of hydrogen-bond donors (Lipinski definition) is 0. The second kappa shape index (κ2) is 6.63. The third kappa shape index (κ3) is 3.39. The van der Waals surface area contributed by atoms with Gasteiger partial charge in [0.05, 0.1) is 12.0 Å². The van der Waals surface area contributed by atoms with Crippen molar-refractivity contribution in [2.45, 2.75) is 32.0 Å². The Morgan fingerprint density at radius 2 is 2.00 bits per heavy atom. The van der Waals surface area contributed by atoms with Crippen molar-refractivity contribution in [3.8, 4) is 0 Å². The number of imidazole rings is 1. The Labute approximate surface area is 133 Å². The molecule has 4 heteroatoms. The SMILES string of the molecule is CN(C)Cc1ccc(C2CCCN2Cc2cncn2C)cc1. The van der Waals surface area contributed by atoms with Gasteiger partial charge in [0.25, 0.3) is 0 Å². The predicted octanol–water partition coefficient (Wildman–Crippen LogP) is 2.82. The fourth-order valence-electron chi connectivity index (χ4n) is 3.35. The van der Waals surface area contributed by atoms with Crippen LogP contribution in [0.25, 0.3) is 0 Å². The quantitative estimate of drug-likeness (QED) is 0.848. The molecule has 1 aliphatic heterocycles. The molecule has 0 bridgehead atoms. The van der Waals surface area contributed by atoms with Crippen LogP contribution in [0.1, 0.15) is 35.7 Å². The first-order valence-corrected chi connectivity index (χ1v) is 8.06. The second-order valence-electron chi connectivity index (χ2n) is 6.60.